The number of anilines is 2. The molecule has 0 aliphatic heterocycles. The molecule has 4 heteroatoms. The molecular weight excluding hydrogens is 334 g/mol. The van der Waals surface area contributed by atoms with Crippen molar-refractivity contribution < 1.29 is 4.74 Å². The van der Waals surface area contributed by atoms with Crippen molar-refractivity contribution >= 4 is 22.3 Å². The molecule has 4 aromatic rings. The van der Waals surface area contributed by atoms with Gasteiger partial charge in [-0.2, -0.15) is 0 Å². The summed E-state index contributed by atoms with van der Waals surface area (Å²) in [5.41, 5.74) is 6.01. The van der Waals surface area contributed by atoms with Crippen LogP contribution in [-0.2, 0) is 12.8 Å². The van der Waals surface area contributed by atoms with E-state index in [-0.39, 0.29) is 0 Å². The zero-order chi connectivity index (χ0) is 18.5. The summed E-state index contributed by atoms with van der Waals surface area (Å²) in [5.74, 6) is 0.903. The predicted octanol–water partition coefficient (Wildman–Crippen LogP) is 5.49. The van der Waals surface area contributed by atoms with Gasteiger partial charge in [0.05, 0.1) is 7.11 Å². The maximum atomic E-state index is 5.35. The van der Waals surface area contributed by atoms with Gasteiger partial charge in [0.15, 0.2) is 0 Å². The Kier molecular flexibility index (Phi) is 5.06. The predicted molar refractivity (Wildman–Crippen MR) is 111 cm³/mol. The summed E-state index contributed by atoms with van der Waals surface area (Å²) in [4.78, 5) is 7.39. The largest absolute Gasteiger partial charge is 0.497 e. The van der Waals surface area contributed by atoms with E-state index in [9.17, 15) is 0 Å². The minimum absolute atomic E-state index is 0.903. The van der Waals surface area contributed by atoms with Crippen LogP contribution in [0.15, 0.2) is 73.2 Å². The van der Waals surface area contributed by atoms with Crippen molar-refractivity contribution in [2.45, 2.75) is 19.3 Å². The molecule has 2 heterocycles. The van der Waals surface area contributed by atoms with Crippen LogP contribution < -0.4 is 10.1 Å². The number of nitrogens with zero attached hydrogens (tertiary/aromatic N) is 1. The van der Waals surface area contributed by atoms with Crippen molar-refractivity contribution in [3.63, 3.8) is 0 Å². The van der Waals surface area contributed by atoms with Crippen LogP contribution >= 0.6 is 0 Å². The lowest BCUT2D eigenvalue weighted by molar-refractivity contribution is 0.415. The summed E-state index contributed by atoms with van der Waals surface area (Å²) in [5, 5.41) is 4.64. The van der Waals surface area contributed by atoms with Crippen LogP contribution in [0, 0.1) is 0 Å². The molecule has 27 heavy (non-hydrogen) atoms. The quantitative estimate of drug-likeness (QED) is 0.460. The van der Waals surface area contributed by atoms with Crippen molar-refractivity contribution in [2.24, 2.45) is 0 Å². The van der Waals surface area contributed by atoms with Gasteiger partial charge in [-0.15, -0.1) is 0 Å². The number of methoxy groups -OCH3 is 1. The third-order valence-corrected chi connectivity index (χ3v) is 4.81. The fourth-order valence-electron chi connectivity index (χ4n) is 3.33. The first-order chi connectivity index (χ1) is 13.3. The van der Waals surface area contributed by atoms with Gasteiger partial charge in [0.2, 0.25) is 0 Å². The molecule has 0 saturated heterocycles. The number of benzene rings is 2. The normalized spacial score (nSPS) is 10.9. The van der Waals surface area contributed by atoms with Gasteiger partial charge in [-0.1, -0.05) is 12.1 Å². The van der Waals surface area contributed by atoms with Gasteiger partial charge < -0.3 is 15.0 Å². The standard InChI is InChI=1S/C23H23N3O/c1-27-21-9-10-23-22(15-21)18(16-25-23)4-2-3-17-5-7-19(8-6-17)26-20-11-13-24-14-12-20/h5-16,25H,2-4H2,1H3,(H,24,26). The third-order valence-electron chi connectivity index (χ3n) is 4.81. The van der Waals surface area contributed by atoms with Gasteiger partial charge in [-0.05, 0) is 72.9 Å². The van der Waals surface area contributed by atoms with E-state index in [2.05, 4.69) is 57.9 Å². The monoisotopic (exact) mass is 357 g/mol. The number of aryl methyl sites for hydroxylation is 2. The van der Waals surface area contributed by atoms with Crippen LogP contribution in [0.4, 0.5) is 11.4 Å². The maximum absolute atomic E-state index is 5.35. The highest BCUT2D eigenvalue weighted by Gasteiger charge is 2.05. The Balaban J connectivity index is 1.35. The zero-order valence-corrected chi connectivity index (χ0v) is 15.4. The van der Waals surface area contributed by atoms with Gasteiger partial charge in [-0.3, -0.25) is 4.98 Å². The summed E-state index contributed by atoms with van der Waals surface area (Å²) in [6.45, 7) is 0. The molecule has 0 spiro atoms. The van der Waals surface area contributed by atoms with E-state index in [1.165, 1.54) is 16.5 Å². The summed E-state index contributed by atoms with van der Waals surface area (Å²) < 4.78 is 5.35. The highest BCUT2D eigenvalue weighted by Crippen LogP contribution is 2.25. The Hall–Kier alpha value is -3.27. The first-order valence-corrected chi connectivity index (χ1v) is 9.22. The number of aromatic nitrogens is 2. The molecule has 0 radical (unpaired) electrons. The summed E-state index contributed by atoms with van der Waals surface area (Å²) in [6.07, 6.45) is 8.91. The lowest BCUT2D eigenvalue weighted by atomic mass is 10.0. The number of nitrogens with one attached hydrogen (secondary N) is 2. The van der Waals surface area contributed by atoms with Crippen LogP contribution in [-0.4, -0.2) is 17.1 Å². The SMILES string of the molecule is COc1ccc2[nH]cc(CCCc3ccc(Nc4ccncc4)cc3)c2c1. The first kappa shape index (κ1) is 17.2. The molecular formula is C23H23N3O. The fraction of sp³-hybridized carbons (Fsp3) is 0.174. The van der Waals surface area contributed by atoms with E-state index in [0.29, 0.717) is 0 Å². The molecule has 2 N–H and O–H groups in total. The molecule has 0 fully saturated rings. The molecule has 4 rings (SSSR count). The average Bonchev–Trinajstić information content (AvgIpc) is 3.12. The molecule has 0 bridgehead atoms. The smallest absolute Gasteiger partial charge is 0.119 e. The van der Waals surface area contributed by atoms with E-state index < -0.39 is 0 Å². The second-order valence-corrected chi connectivity index (χ2v) is 6.64. The Morgan fingerprint density at radius 2 is 1.70 bits per heavy atom. The second-order valence-electron chi connectivity index (χ2n) is 6.64. The number of ether oxygens (including phenoxy) is 1. The Bertz CT molecular complexity index is 1010. The molecule has 2 aromatic heterocycles. The maximum Gasteiger partial charge on any atom is 0.119 e. The molecule has 0 unspecified atom stereocenters. The van der Waals surface area contributed by atoms with Crippen LogP contribution in [0.3, 0.4) is 0 Å². The lowest BCUT2D eigenvalue weighted by Gasteiger charge is -2.07. The molecule has 0 saturated carbocycles. The Labute approximate surface area is 159 Å². The van der Waals surface area contributed by atoms with E-state index >= 15 is 0 Å². The number of rotatable bonds is 7. The number of hydrogen-bond acceptors (Lipinski definition) is 3. The van der Waals surface area contributed by atoms with Crippen molar-refractivity contribution in [2.75, 3.05) is 12.4 Å². The highest BCUT2D eigenvalue weighted by atomic mass is 16.5. The van der Waals surface area contributed by atoms with Gasteiger partial charge in [0.1, 0.15) is 5.75 Å². The third kappa shape index (κ3) is 4.11. The van der Waals surface area contributed by atoms with Crippen LogP contribution in [0.1, 0.15) is 17.5 Å². The van der Waals surface area contributed by atoms with Crippen LogP contribution in [0.2, 0.25) is 0 Å². The van der Waals surface area contributed by atoms with Gasteiger partial charge in [-0.25, -0.2) is 0 Å². The number of H-pyrrole nitrogens is 1. The lowest BCUT2D eigenvalue weighted by Crippen LogP contribution is -1.92. The minimum atomic E-state index is 0.903. The van der Waals surface area contributed by atoms with Crippen molar-refractivity contribution in [1.82, 2.24) is 9.97 Å². The van der Waals surface area contributed by atoms with Crippen molar-refractivity contribution in [3.05, 3.63) is 84.3 Å². The number of aromatic amines is 1. The van der Waals surface area contributed by atoms with E-state index in [0.717, 1.165) is 41.9 Å². The summed E-state index contributed by atoms with van der Waals surface area (Å²) >= 11 is 0. The first-order valence-electron chi connectivity index (χ1n) is 9.22. The highest BCUT2D eigenvalue weighted by molar-refractivity contribution is 5.84. The Morgan fingerprint density at radius 3 is 2.48 bits per heavy atom. The summed E-state index contributed by atoms with van der Waals surface area (Å²) in [6, 6.07) is 18.8. The molecule has 0 aliphatic rings. The minimum Gasteiger partial charge on any atom is -0.497 e. The molecule has 2 aromatic carbocycles. The van der Waals surface area contributed by atoms with E-state index in [1.807, 2.05) is 18.2 Å². The summed E-state index contributed by atoms with van der Waals surface area (Å²) in [7, 11) is 1.71. The van der Waals surface area contributed by atoms with Crippen molar-refractivity contribution in [3.8, 4) is 5.75 Å². The average molecular weight is 357 g/mol. The molecule has 136 valence electrons. The van der Waals surface area contributed by atoms with Gasteiger partial charge >= 0.3 is 0 Å². The molecule has 4 nitrogen and oxygen atoms in total. The van der Waals surface area contributed by atoms with Crippen LogP contribution in [0.25, 0.3) is 10.9 Å². The Morgan fingerprint density at radius 1 is 0.926 bits per heavy atom. The molecule has 0 amide bonds. The second kappa shape index (κ2) is 7.96. The number of fused-ring (bicyclic) bond motifs is 1. The molecule has 0 atom stereocenters. The molecule has 0 aliphatic carbocycles. The topological polar surface area (TPSA) is 49.9 Å². The van der Waals surface area contributed by atoms with Crippen molar-refractivity contribution in [1.29, 1.82) is 0 Å². The van der Waals surface area contributed by atoms with E-state index in [1.54, 1.807) is 19.5 Å². The van der Waals surface area contributed by atoms with Crippen LogP contribution in [0.5, 0.6) is 5.75 Å². The number of pyridine rings is 1. The van der Waals surface area contributed by atoms with Gasteiger partial charge in [0, 0.05) is 40.9 Å². The number of hydrogen-bond donors (Lipinski definition) is 2. The fourth-order valence-corrected chi connectivity index (χ4v) is 3.33. The zero-order valence-electron chi connectivity index (χ0n) is 15.4. The van der Waals surface area contributed by atoms with E-state index in [4.69, 9.17) is 4.74 Å². The van der Waals surface area contributed by atoms with Gasteiger partial charge in [0.25, 0.3) is 0 Å².